The van der Waals surface area contributed by atoms with Crippen molar-refractivity contribution in [2.75, 3.05) is 5.32 Å². The van der Waals surface area contributed by atoms with Crippen molar-refractivity contribution >= 4 is 50.0 Å². The molecule has 5 aromatic rings. The molecule has 1 amide bonds. The predicted molar refractivity (Wildman–Crippen MR) is 122 cm³/mol. The fourth-order valence-corrected chi connectivity index (χ4v) is 5.36. The fourth-order valence-electron chi connectivity index (χ4n) is 3.47. The number of aryl methyl sites for hydroxylation is 1. The Balaban J connectivity index is 1.29. The van der Waals surface area contributed by atoms with E-state index < -0.39 is 0 Å². The third-order valence-electron chi connectivity index (χ3n) is 5.27. The van der Waals surface area contributed by atoms with Crippen molar-refractivity contribution in [2.45, 2.75) is 22.8 Å². The molecule has 1 N–H and O–H groups in total. The maximum atomic E-state index is 12.0. The third-order valence-corrected chi connectivity index (χ3v) is 7.20. The van der Waals surface area contributed by atoms with Crippen LogP contribution in [0, 0.1) is 5.92 Å². The van der Waals surface area contributed by atoms with Gasteiger partial charge in [-0.05, 0) is 43.2 Å². The molecule has 0 aliphatic heterocycles. The average molecular weight is 447 g/mol. The van der Waals surface area contributed by atoms with Gasteiger partial charge in [0.15, 0.2) is 5.13 Å². The van der Waals surface area contributed by atoms with E-state index in [0.29, 0.717) is 5.13 Å². The highest BCUT2D eigenvalue weighted by Gasteiger charge is 2.30. The summed E-state index contributed by atoms with van der Waals surface area (Å²) in [5, 5.41) is 8.92. The molecule has 6 rings (SSSR count). The number of carbonyl (C=O) groups is 1. The summed E-state index contributed by atoms with van der Waals surface area (Å²) in [5.41, 5.74) is 3.96. The number of amides is 1. The Labute approximate surface area is 186 Å². The normalized spacial score (nSPS) is 13.8. The molecule has 0 atom stereocenters. The molecule has 0 spiro atoms. The SMILES string of the molecule is Cn1cc(-c2ccc3ncc(Sc4ccc5nc(NC(=O)C6CC6)sc5c4)n3c2)cn1. The van der Waals surface area contributed by atoms with Gasteiger partial charge in [0.05, 0.1) is 22.6 Å². The number of anilines is 1. The van der Waals surface area contributed by atoms with E-state index in [9.17, 15) is 4.79 Å². The highest BCUT2D eigenvalue weighted by molar-refractivity contribution is 7.99. The van der Waals surface area contributed by atoms with Crippen molar-refractivity contribution in [1.82, 2.24) is 24.1 Å². The van der Waals surface area contributed by atoms with Crippen LogP contribution in [0.1, 0.15) is 12.8 Å². The minimum absolute atomic E-state index is 0.0869. The van der Waals surface area contributed by atoms with E-state index in [1.54, 1.807) is 16.4 Å². The van der Waals surface area contributed by atoms with Gasteiger partial charge in [-0.15, -0.1) is 0 Å². The van der Waals surface area contributed by atoms with Crippen LogP contribution in [0.4, 0.5) is 5.13 Å². The van der Waals surface area contributed by atoms with Crippen molar-refractivity contribution in [3.63, 3.8) is 0 Å². The van der Waals surface area contributed by atoms with Crippen LogP contribution in [-0.4, -0.2) is 30.1 Å². The van der Waals surface area contributed by atoms with Gasteiger partial charge in [0.1, 0.15) is 10.7 Å². The number of fused-ring (bicyclic) bond motifs is 2. The van der Waals surface area contributed by atoms with E-state index in [0.717, 1.165) is 49.8 Å². The number of benzene rings is 1. The number of aromatic nitrogens is 5. The molecule has 0 bridgehead atoms. The third kappa shape index (κ3) is 3.60. The molecule has 31 heavy (non-hydrogen) atoms. The van der Waals surface area contributed by atoms with Crippen LogP contribution in [0.25, 0.3) is 27.0 Å². The van der Waals surface area contributed by atoms with E-state index in [2.05, 4.69) is 49.2 Å². The molecule has 0 saturated heterocycles. The number of nitrogens with zero attached hydrogens (tertiary/aromatic N) is 5. The maximum absolute atomic E-state index is 12.0. The molecule has 7 nitrogen and oxygen atoms in total. The summed E-state index contributed by atoms with van der Waals surface area (Å²) < 4.78 is 4.96. The summed E-state index contributed by atoms with van der Waals surface area (Å²) in [6.45, 7) is 0. The number of pyridine rings is 1. The van der Waals surface area contributed by atoms with Crippen LogP contribution in [0.2, 0.25) is 0 Å². The lowest BCUT2D eigenvalue weighted by atomic mass is 10.2. The molecule has 1 aliphatic rings. The van der Waals surface area contributed by atoms with Gasteiger partial charge in [-0.1, -0.05) is 23.1 Å². The lowest BCUT2D eigenvalue weighted by molar-refractivity contribution is -0.117. The minimum Gasteiger partial charge on any atom is -0.302 e. The summed E-state index contributed by atoms with van der Waals surface area (Å²) in [6.07, 6.45) is 9.83. The smallest absolute Gasteiger partial charge is 0.229 e. The number of hydrogen-bond acceptors (Lipinski definition) is 6. The van der Waals surface area contributed by atoms with Gasteiger partial charge >= 0.3 is 0 Å². The second-order valence-corrected chi connectivity index (χ2v) is 9.78. The number of imidazole rings is 1. The first kappa shape index (κ1) is 18.6. The van der Waals surface area contributed by atoms with Gasteiger partial charge in [0.2, 0.25) is 5.91 Å². The maximum Gasteiger partial charge on any atom is 0.229 e. The number of rotatable bonds is 5. The van der Waals surface area contributed by atoms with Gasteiger partial charge in [0.25, 0.3) is 0 Å². The topological polar surface area (TPSA) is 77.1 Å². The molecular formula is C22H18N6OS2. The monoisotopic (exact) mass is 446 g/mol. The van der Waals surface area contributed by atoms with Crippen molar-refractivity contribution in [3.05, 3.63) is 55.1 Å². The number of hydrogen-bond donors (Lipinski definition) is 1. The molecule has 1 saturated carbocycles. The highest BCUT2D eigenvalue weighted by Crippen LogP contribution is 2.35. The molecule has 1 aliphatic carbocycles. The summed E-state index contributed by atoms with van der Waals surface area (Å²) in [4.78, 5) is 22.2. The van der Waals surface area contributed by atoms with Crippen LogP contribution in [-0.2, 0) is 11.8 Å². The second-order valence-electron chi connectivity index (χ2n) is 7.66. The zero-order chi connectivity index (χ0) is 20.9. The molecule has 154 valence electrons. The summed E-state index contributed by atoms with van der Waals surface area (Å²) in [5.74, 6) is 0.258. The second kappa shape index (κ2) is 7.21. The minimum atomic E-state index is 0.0869. The van der Waals surface area contributed by atoms with Crippen molar-refractivity contribution in [3.8, 4) is 11.1 Å². The molecule has 1 fully saturated rings. The van der Waals surface area contributed by atoms with Crippen LogP contribution < -0.4 is 5.32 Å². The fraction of sp³-hybridized carbons (Fsp3) is 0.182. The average Bonchev–Trinajstić information content (AvgIpc) is 3.23. The molecular weight excluding hydrogens is 428 g/mol. The quantitative estimate of drug-likeness (QED) is 0.418. The zero-order valence-electron chi connectivity index (χ0n) is 16.6. The van der Waals surface area contributed by atoms with E-state index in [-0.39, 0.29) is 11.8 Å². The largest absolute Gasteiger partial charge is 0.302 e. The molecule has 4 heterocycles. The molecule has 4 aromatic heterocycles. The lowest BCUT2D eigenvalue weighted by Crippen LogP contribution is -2.12. The first-order chi connectivity index (χ1) is 15.1. The van der Waals surface area contributed by atoms with Gasteiger partial charge in [-0.3, -0.25) is 13.9 Å². The Kier molecular flexibility index (Phi) is 4.32. The molecule has 1 aromatic carbocycles. The standard InChI is InChI=1S/C22H18N6OS2/c1-27-11-15(9-24-27)14-4-7-19-23-10-20(28(19)12-14)30-16-5-6-17-18(8-16)31-22(25-17)26-21(29)13-2-3-13/h4-13H,2-3H2,1H3,(H,25,26,29). The van der Waals surface area contributed by atoms with Gasteiger partial charge in [0, 0.05) is 41.4 Å². The first-order valence-corrected chi connectivity index (χ1v) is 11.6. The first-order valence-electron chi connectivity index (χ1n) is 9.98. The zero-order valence-corrected chi connectivity index (χ0v) is 18.3. The van der Waals surface area contributed by atoms with Crippen molar-refractivity contribution in [1.29, 1.82) is 0 Å². The van der Waals surface area contributed by atoms with Gasteiger partial charge in [-0.2, -0.15) is 5.10 Å². The van der Waals surface area contributed by atoms with Crippen LogP contribution >= 0.6 is 23.1 Å². The Morgan fingerprint density at radius 2 is 2.06 bits per heavy atom. The van der Waals surface area contributed by atoms with E-state index in [4.69, 9.17) is 0 Å². The van der Waals surface area contributed by atoms with E-state index >= 15 is 0 Å². The Morgan fingerprint density at radius 3 is 2.87 bits per heavy atom. The summed E-state index contributed by atoms with van der Waals surface area (Å²) in [6, 6.07) is 10.3. The van der Waals surface area contributed by atoms with Crippen molar-refractivity contribution in [2.24, 2.45) is 13.0 Å². The Morgan fingerprint density at radius 1 is 1.16 bits per heavy atom. The number of nitrogens with one attached hydrogen (secondary N) is 1. The van der Waals surface area contributed by atoms with Crippen LogP contribution in [0.15, 0.2) is 65.0 Å². The lowest BCUT2D eigenvalue weighted by Gasteiger charge is -2.04. The molecule has 0 radical (unpaired) electrons. The highest BCUT2D eigenvalue weighted by atomic mass is 32.2. The molecule has 9 heteroatoms. The predicted octanol–water partition coefficient (Wildman–Crippen LogP) is 4.84. The summed E-state index contributed by atoms with van der Waals surface area (Å²) >= 11 is 3.17. The van der Waals surface area contributed by atoms with Crippen molar-refractivity contribution < 1.29 is 4.79 Å². The number of thiazole rings is 1. The number of carbonyl (C=O) groups excluding carboxylic acids is 1. The Hall–Kier alpha value is -3.17. The van der Waals surface area contributed by atoms with Gasteiger partial charge < -0.3 is 5.32 Å². The van der Waals surface area contributed by atoms with E-state index in [1.807, 2.05) is 37.8 Å². The van der Waals surface area contributed by atoms with Crippen LogP contribution in [0.3, 0.4) is 0 Å². The van der Waals surface area contributed by atoms with E-state index in [1.165, 1.54) is 11.3 Å². The van der Waals surface area contributed by atoms with Gasteiger partial charge in [-0.25, -0.2) is 9.97 Å². The summed E-state index contributed by atoms with van der Waals surface area (Å²) in [7, 11) is 1.92. The van der Waals surface area contributed by atoms with Crippen LogP contribution in [0.5, 0.6) is 0 Å². The Bertz CT molecular complexity index is 1450. The molecule has 0 unspecified atom stereocenters.